The number of benzene rings is 6. The summed E-state index contributed by atoms with van der Waals surface area (Å²) in [5, 5.41) is 16.7. The van der Waals surface area contributed by atoms with Gasteiger partial charge in [0.25, 0.3) is 0 Å². The Morgan fingerprint density at radius 1 is 0.529 bits per heavy atom. The van der Waals surface area contributed by atoms with Crippen molar-refractivity contribution in [3.8, 4) is 0 Å². The van der Waals surface area contributed by atoms with Crippen LogP contribution in [0.15, 0.2) is 197 Å². The molecule has 0 aliphatic rings. The van der Waals surface area contributed by atoms with Crippen molar-refractivity contribution in [2.45, 2.75) is 0 Å². The van der Waals surface area contributed by atoms with Crippen LogP contribution in [0, 0.1) is 28.7 Å². The first-order valence-electron chi connectivity index (χ1n) is 19.0. The standard InChI is InChI=1S/C20H16F2N4.C19H14F2N2.C4H6N4.C3H4N2.2ClH.3HI.V/c21-15-5-1-13(2-6-15)19(14-3-7-16(22)8-4-14)25-17-9-11-18(12-10-17)26-20(23)24;20-15-5-1-13(2-6-15)19(14-3-7-16(21)8-4-14)23-18-11-9-17(22)10-12-18;5-4(6)8-3-1-2-7-8;1-2-4-5-3-1;;;;;;/h1-12H,(H4,23,24,26);1-12H,22H2;1-3H,(H3,5,6);1-3H,(H,4,5);5*1H;/q;;;;;;;;;+3/p-3. The van der Waals surface area contributed by atoms with Crippen molar-refractivity contribution in [1.82, 2.24) is 20.0 Å². The van der Waals surface area contributed by atoms with Crippen LogP contribution in [0.3, 0.4) is 0 Å². The number of rotatable bonds is 7. The second kappa shape index (κ2) is 31.7. The Bertz CT molecular complexity index is 2640. The van der Waals surface area contributed by atoms with Gasteiger partial charge in [0.1, 0.15) is 23.3 Å². The largest absolute Gasteiger partial charge is 0.286 e. The summed E-state index contributed by atoms with van der Waals surface area (Å²) in [4.78, 5) is 12.9. The van der Waals surface area contributed by atoms with Crippen LogP contribution in [0.5, 0.6) is 0 Å². The Morgan fingerprint density at radius 2 is 0.868 bits per heavy atom. The minimum absolute atomic E-state index is 0. The van der Waals surface area contributed by atoms with E-state index in [2.05, 4.69) is 90.2 Å². The van der Waals surface area contributed by atoms with E-state index in [-0.39, 0.29) is 64.9 Å². The molecule has 0 spiro atoms. The van der Waals surface area contributed by atoms with Crippen LogP contribution in [-0.4, -0.2) is 43.3 Å². The van der Waals surface area contributed by atoms with Gasteiger partial charge in [-0.1, -0.05) is 0 Å². The Kier molecular flexibility index (Phi) is 27.4. The van der Waals surface area contributed by atoms with Crippen LogP contribution < -0.4 is 22.9 Å². The van der Waals surface area contributed by atoms with Crippen LogP contribution in [0.2, 0.25) is 0 Å². The fourth-order valence-corrected chi connectivity index (χ4v) is 5.21. The maximum atomic E-state index is 13.3. The number of aromatic amines is 1. The molecule has 0 saturated heterocycles. The molecule has 2 aromatic heterocycles. The Hall–Kier alpha value is -5.31. The predicted molar refractivity (Wildman–Crippen MR) is 294 cm³/mol. The summed E-state index contributed by atoms with van der Waals surface area (Å²) in [7, 11) is 0. The van der Waals surface area contributed by atoms with Gasteiger partial charge in [-0.15, -0.1) is 24.8 Å². The van der Waals surface area contributed by atoms with Crippen LogP contribution in [0.25, 0.3) is 0 Å². The molecule has 0 radical (unpaired) electrons. The molecule has 0 fully saturated rings. The third kappa shape index (κ3) is 22.2. The molecule has 12 nitrogen and oxygen atoms in total. The Labute approximate surface area is 440 Å². The van der Waals surface area contributed by atoms with E-state index in [1.54, 1.807) is 128 Å². The molecular formula is C46H42Cl2F4I3N12V. The van der Waals surface area contributed by atoms with Gasteiger partial charge in [-0.25, -0.2) is 37.2 Å². The van der Waals surface area contributed by atoms with Gasteiger partial charge in [-0.3, -0.25) is 10.5 Å². The molecule has 0 aliphatic heterocycles. The molecule has 8 rings (SSSR count). The SMILES string of the molecule is Cl.Cl.N=C(N)n1cccn1.NC(N)=Nc1ccc(N=C(c2ccc(F)cc2)c2ccc(F)cc2)cc1.Nc1ccc(N=C(c2ccc(F)cc2)c2ccc(F)cc2)cc1.[I][V]([I])[I].c1cn[nH]c1. The van der Waals surface area contributed by atoms with E-state index in [0.29, 0.717) is 45.3 Å². The van der Waals surface area contributed by atoms with Gasteiger partial charge in [-0.2, -0.15) is 10.2 Å². The van der Waals surface area contributed by atoms with Crippen molar-refractivity contribution >= 4 is 131 Å². The second-order valence-electron chi connectivity index (χ2n) is 12.9. The van der Waals surface area contributed by atoms with Crippen LogP contribution in [-0.2, 0) is 4.92 Å². The Morgan fingerprint density at radius 3 is 1.10 bits per heavy atom. The van der Waals surface area contributed by atoms with E-state index in [9.17, 15) is 17.6 Å². The number of nitrogens with zero attached hydrogens (tertiary/aromatic N) is 6. The minimum Gasteiger partial charge on any atom is -0.286 e. The van der Waals surface area contributed by atoms with Crippen LogP contribution in [0.4, 0.5) is 40.3 Å². The fraction of sp³-hybridized carbons (Fsp3) is 0. The summed E-state index contributed by atoms with van der Waals surface area (Å²) in [6.07, 6.45) is 6.64. The third-order valence-corrected chi connectivity index (χ3v) is 8.11. The number of nitrogens with two attached hydrogens (primary N) is 4. The fourth-order valence-electron chi connectivity index (χ4n) is 5.21. The molecule has 0 saturated carbocycles. The van der Waals surface area contributed by atoms with Crippen molar-refractivity contribution in [2.75, 3.05) is 5.73 Å². The first kappa shape index (κ1) is 58.8. The van der Waals surface area contributed by atoms with Gasteiger partial charge in [-0.05, 0) is 158 Å². The molecular weight excluding hydrogens is 1300 g/mol. The molecule has 0 unspecified atom stereocenters. The topological polar surface area (TPSA) is 212 Å². The quantitative estimate of drug-likeness (QED) is 0.0300. The third-order valence-electron chi connectivity index (χ3n) is 8.11. The normalized spacial score (nSPS) is 9.59. The molecule has 2 heterocycles. The van der Waals surface area contributed by atoms with Gasteiger partial charge in [0.2, 0.25) is 5.96 Å². The summed E-state index contributed by atoms with van der Waals surface area (Å²) < 4.78 is 54.1. The van der Waals surface area contributed by atoms with E-state index in [0.717, 1.165) is 11.1 Å². The molecule has 0 bridgehead atoms. The monoisotopic (exact) mass is 1340 g/mol. The zero-order valence-electron chi connectivity index (χ0n) is 35.2. The minimum atomic E-state index is -0.339. The molecule has 6 aromatic carbocycles. The molecule has 0 aliphatic carbocycles. The van der Waals surface area contributed by atoms with Crippen molar-refractivity contribution in [2.24, 2.45) is 32.2 Å². The van der Waals surface area contributed by atoms with Crippen molar-refractivity contribution in [1.29, 1.82) is 5.41 Å². The summed E-state index contributed by atoms with van der Waals surface area (Å²) in [5.41, 5.74) is 28.2. The molecule has 8 aromatic rings. The van der Waals surface area contributed by atoms with Crippen LogP contribution >= 0.6 is 84.8 Å². The molecule has 68 heavy (non-hydrogen) atoms. The molecule has 22 heteroatoms. The summed E-state index contributed by atoms with van der Waals surface area (Å²) in [5.74, 6) is -1.41. The first-order chi connectivity index (χ1) is 31.7. The van der Waals surface area contributed by atoms with Gasteiger partial charge < -0.3 is 22.9 Å². The van der Waals surface area contributed by atoms with Gasteiger partial charge in [0.05, 0.1) is 28.5 Å². The number of anilines is 1. The van der Waals surface area contributed by atoms with Gasteiger partial charge in [0, 0.05) is 52.7 Å². The molecule has 10 N–H and O–H groups in total. The summed E-state index contributed by atoms with van der Waals surface area (Å²) >= 11 is 7.39. The number of aliphatic imine (C=N–C) groups is 3. The van der Waals surface area contributed by atoms with Gasteiger partial charge in [0.15, 0.2) is 5.96 Å². The zero-order chi connectivity index (χ0) is 47.8. The van der Waals surface area contributed by atoms with E-state index in [1.807, 2.05) is 6.07 Å². The predicted octanol–water partition coefficient (Wildman–Crippen LogP) is 12.3. The van der Waals surface area contributed by atoms with Crippen molar-refractivity contribution < 1.29 is 22.5 Å². The maximum Gasteiger partial charge on any atom is 0.0487 e. The average Bonchev–Trinajstić information content (AvgIpc) is 4.07. The van der Waals surface area contributed by atoms with Crippen molar-refractivity contribution in [3.63, 3.8) is 0 Å². The number of nitrogen functional groups attached to an aromatic ring is 2. The average molecular weight is 1340 g/mol. The maximum absolute atomic E-state index is 13.3. The molecule has 0 atom stereocenters. The van der Waals surface area contributed by atoms with E-state index >= 15 is 0 Å². The van der Waals surface area contributed by atoms with E-state index in [1.165, 1.54) is 53.2 Å². The Balaban J connectivity index is 0.000000341. The zero-order valence-corrected chi connectivity index (χ0v) is 44.7. The number of H-pyrrole nitrogens is 1. The number of hydrogen-bond acceptors (Lipinski definition) is 7. The van der Waals surface area contributed by atoms with E-state index < -0.39 is 0 Å². The number of nitrogens with one attached hydrogen (secondary N) is 2. The van der Waals surface area contributed by atoms with Crippen molar-refractivity contribution in [3.05, 3.63) is 228 Å². The van der Waals surface area contributed by atoms with Crippen LogP contribution in [0.1, 0.15) is 22.3 Å². The number of aromatic nitrogens is 4. The number of guanidine groups is 1. The number of hydrogen-bond donors (Lipinski definition) is 6. The molecule has 0 amide bonds. The summed E-state index contributed by atoms with van der Waals surface area (Å²) in [6.45, 7) is 0. The first-order valence-corrected chi connectivity index (χ1v) is 32.5. The second-order valence-corrected chi connectivity index (χ2v) is 48.3. The summed E-state index contributed by atoms with van der Waals surface area (Å²) in [6, 6.07) is 41.6. The van der Waals surface area contributed by atoms with Gasteiger partial charge >= 0.3 is 64.9 Å². The number of halogens is 9. The smallest absolute Gasteiger partial charge is 0.0487 e. The van der Waals surface area contributed by atoms with E-state index in [4.69, 9.17) is 28.3 Å². The molecule has 354 valence electrons.